The number of benzene rings is 6. The Labute approximate surface area is 769 Å². The van der Waals surface area contributed by atoms with E-state index in [1.807, 2.05) is 97.1 Å². The minimum absolute atomic E-state index is 0.355. The molecule has 13 heteroatoms. The molecule has 0 aromatic heterocycles. The molecule has 0 aliphatic carbocycles. The van der Waals surface area contributed by atoms with E-state index < -0.39 is 0 Å². The Bertz CT molecular complexity index is 3190. The van der Waals surface area contributed by atoms with E-state index in [1.165, 1.54) is 321 Å². The highest BCUT2D eigenvalue weighted by Gasteiger charge is 2.20. The summed E-state index contributed by atoms with van der Waals surface area (Å²) in [6.07, 6.45) is 76.7. The van der Waals surface area contributed by atoms with Crippen LogP contribution in [-0.4, -0.2) is 45.7 Å². The van der Waals surface area contributed by atoms with Gasteiger partial charge >= 0.3 is 6.03 Å². The van der Waals surface area contributed by atoms with Crippen molar-refractivity contribution in [3.05, 3.63) is 144 Å². The van der Waals surface area contributed by atoms with Gasteiger partial charge in [-0.3, -0.25) is 0 Å². The molecule has 2 N–H and O–H groups in total. The molecule has 0 aliphatic rings. The van der Waals surface area contributed by atoms with E-state index in [4.69, 9.17) is 47.4 Å². The van der Waals surface area contributed by atoms with Crippen LogP contribution in [0.15, 0.2) is 121 Å². The van der Waals surface area contributed by atoms with Crippen LogP contribution in [0.3, 0.4) is 0 Å². The number of carbonyl (C=O) groups is 1. The Morgan fingerprint density at radius 1 is 0.190 bits per heavy atom. The molecule has 0 bridgehead atoms. The number of carbonyl (C=O) groups excluding carboxylic acids is 1. The van der Waals surface area contributed by atoms with Crippen LogP contribution in [0, 0.1) is 0 Å². The van der Waals surface area contributed by atoms with E-state index in [1.54, 1.807) is 0 Å². The maximum absolute atomic E-state index is 13.3. The minimum atomic E-state index is -0.355. The Morgan fingerprint density at radius 2 is 0.357 bits per heavy atom. The van der Waals surface area contributed by atoms with Crippen LogP contribution in [0.1, 0.15) is 449 Å². The molecule has 2 amide bonds. The van der Waals surface area contributed by atoms with E-state index in [0.717, 1.165) is 132 Å². The topological polar surface area (TPSA) is 133 Å². The minimum Gasteiger partial charge on any atom is -0.490 e. The number of rotatable bonds is 86. The third-order valence-electron chi connectivity index (χ3n) is 24.4. The zero-order chi connectivity index (χ0) is 88.9. The molecule has 0 atom stereocenters. The summed E-state index contributed by atoms with van der Waals surface area (Å²) in [5, 5.41) is 5.91. The van der Waals surface area contributed by atoms with Crippen LogP contribution >= 0.6 is 0 Å². The summed E-state index contributed by atoms with van der Waals surface area (Å²) in [6.45, 7) is 19.0. The second-order valence-corrected chi connectivity index (χ2v) is 36.1. The number of anilines is 2. The Morgan fingerprint density at radius 3 is 0.556 bits per heavy atom. The third-order valence-corrected chi connectivity index (χ3v) is 24.4. The molecule has 6 rings (SSSR count). The van der Waals surface area contributed by atoms with E-state index in [-0.39, 0.29) is 6.03 Å². The Kier molecular flexibility index (Phi) is 64.3. The van der Waals surface area contributed by atoms with E-state index in [0.29, 0.717) is 88.9 Å². The molecule has 0 unspecified atom stereocenters. The molecule has 0 aliphatic heterocycles. The number of nitrogens with one attached hydrogen (secondary N) is 2. The fourth-order valence-electron chi connectivity index (χ4n) is 16.3. The maximum Gasteiger partial charge on any atom is 0.323 e. The molecule has 0 radical (unpaired) electrons. The highest BCUT2D eigenvalue weighted by atomic mass is 16.6. The molecule has 0 fully saturated rings. The van der Waals surface area contributed by atoms with Gasteiger partial charge in [-0.05, 0) is 158 Å². The van der Waals surface area contributed by atoms with Crippen molar-refractivity contribution in [3.8, 4) is 57.5 Å². The molecular formula is C113H180N2O11. The van der Waals surface area contributed by atoms with Gasteiger partial charge in [-0.2, -0.15) is 0 Å². The van der Waals surface area contributed by atoms with Crippen LogP contribution in [-0.2, 0) is 26.4 Å². The van der Waals surface area contributed by atoms with Crippen molar-refractivity contribution < 1.29 is 52.2 Å². The smallest absolute Gasteiger partial charge is 0.323 e. The van der Waals surface area contributed by atoms with Crippen LogP contribution in [0.5, 0.6) is 57.5 Å². The number of unbranched alkanes of at least 4 members (excludes halogenated alkanes) is 54. The predicted octanol–water partition coefficient (Wildman–Crippen LogP) is 35.4. The largest absolute Gasteiger partial charge is 0.490 e. The second kappa shape index (κ2) is 75.4. The molecule has 0 saturated heterocycles. The lowest BCUT2D eigenvalue weighted by molar-refractivity contribution is 0.232. The van der Waals surface area contributed by atoms with Gasteiger partial charge in [-0.1, -0.05) is 413 Å². The highest BCUT2D eigenvalue weighted by molar-refractivity contribution is 5.99. The first kappa shape index (κ1) is 107. The number of urea groups is 1. The molecule has 0 saturated carbocycles. The summed E-state index contributed by atoms with van der Waals surface area (Å²) in [6, 6.07) is 39.1. The first-order valence-electron chi connectivity index (χ1n) is 52.4. The van der Waals surface area contributed by atoms with Gasteiger partial charge in [0, 0.05) is 11.4 Å². The van der Waals surface area contributed by atoms with Crippen molar-refractivity contribution in [2.75, 3.05) is 50.3 Å². The lowest BCUT2D eigenvalue weighted by atomic mass is 10.1. The summed E-state index contributed by atoms with van der Waals surface area (Å²) in [4.78, 5) is 13.3. The van der Waals surface area contributed by atoms with Gasteiger partial charge in [0.25, 0.3) is 0 Å². The molecule has 13 nitrogen and oxygen atoms in total. The zero-order valence-electron chi connectivity index (χ0n) is 81.0. The predicted molar refractivity (Wildman–Crippen MR) is 533 cm³/mol. The zero-order valence-corrected chi connectivity index (χ0v) is 81.0. The summed E-state index contributed by atoms with van der Waals surface area (Å²) in [5.74, 6) is 7.40. The van der Waals surface area contributed by atoms with Gasteiger partial charge in [0.15, 0.2) is 23.0 Å². The van der Waals surface area contributed by atoms with Gasteiger partial charge in [-0.15, -0.1) is 0 Å². The van der Waals surface area contributed by atoms with Crippen molar-refractivity contribution >= 4 is 17.4 Å². The first-order valence-corrected chi connectivity index (χ1v) is 52.4. The number of hydrogen-bond donors (Lipinski definition) is 2. The third kappa shape index (κ3) is 53.5. The van der Waals surface area contributed by atoms with E-state index >= 15 is 0 Å². The first-order chi connectivity index (χ1) is 62.3. The average Bonchev–Trinajstić information content (AvgIpc) is 0.824. The molecule has 708 valence electrons. The molecule has 126 heavy (non-hydrogen) atoms. The fourth-order valence-corrected chi connectivity index (χ4v) is 16.3. The molecule has 6 aromatic carbocycles. The van der Waals surface area contributed by atoms with Crippen LogP contribution in [0.25, 0.3) is 0 Å². The van der Waals surface area contributed by atoms with Crippen molar-refractivity contribution in [2.45, 2.75) is 453 Å². The maximum atomic E-state index is 13.3. The number of ether oxygens (including phenoxy) is 10. The lowest BCUT2D eigenvalue weighted by Crippen LogP contribution is -2.19. The van der Waals surface area contributed by atoms with Crippen molar-refractivity contribution in [3.63, 3.8) is 0 Å². The van der Waals surface area contributed by atoms with E-state index in [9.17, 15) is 4.79 Å². The van der Waals surface area contributed by atoms with Gasteiger partial charge in [0.05, 0.1) is 39.6 Å². The van der Waals surface area contributed by atoms with Crippen molar-refractivity contribution in [2.24, 2.45) is 0 Å². The van der Waals surface area contributed by atoms with Gasteiger partial charge in [0.1, 0.15) is 49.4 Å². The van der Waals surface area contributed by atoms with Crippen LogP contribution in [0.2, 0.25) is 0 Å². The van der Waals surface area contributed by atoms with Gasteiger partial charge in [-0.25, -0.2) is 4.79 Å². The monoisotopic (exact) mass is 1740 g/mol. The number of amides is 2. The van der Waals surface area contributed by atoms with Crippen molar-refractivity contribution in [1.82, 2.24) is 0 Å². The second-order valence-electron chi connectivity index (χ2n) is 36.1. The molecule has 0 heterocycles. The summed E-state index contributed by atoms with van der Waals surface area (Å²) in [7, 11) is 0. The van der Waals surface area contributed by atoms with Crippen LogP contribution in [0.4, 0.5) is 16.2 Å². The Hall–Kier alpha value is -7.41. The Balaban J connectivity index is 0.978. The van der Waals surface area contributed by atoms with Crippen LogP contribution < -0.4 is 58.0 Å². The van der Waals surface area contributed by atoms with E-state index in [2.05, 4.69) is 76.4 Å². The summed E-state index contributed by atoms with van der Waals surface area (Å²) in [5.41, 5.74) is 5.26. The fraction of sp³-hybridized carbons (Fsp3) is 0.673. The lowest BCUT2D eigenvalue weighted by Gasteiger charge is -2.19. The quantitative estimate of drug-likeness (QED) is 0.0354. The average molecular weight is 1740 g/mol. The van der Waals surface area contributed by atoms with Gasteiger partial charge < -0.3 is 58.0 Å². The summed E-state index contributed by atoms with van der Waals surface area (Å²) < 4.78 is 65.7. The summed E-state index contributed by atoms with van der Waals surface area (Å²) >= 11 is 0. The molecule has 6 aromatic rings. The number of hydrogen-bond acceptors (Lipinski definition) is 11. The molecular weight excluding hydrogens is 1560 g/mol. The van der Waals surface area contributed by atoms with Crippen molar-refractivity contribution in [1.29, 1.82) is 0 Å². The van der Waals surface area contributed by atoms with Gasteiger partial charge in [0.2, 0.25) is 11.5 Å². The molecule has 0 spiro atoms. The standard InChI is InChI=1S/C113H180N2O11/c1-7-13-19-25-31-37-43-49-55-61-83-117-107-89-99(90-108(118-84-62-56-50-44-38-32-26-20-14-8-2)111(107)121-87-65-59-53-47-41-35-29-23-17-11-5)95-125-103-75-67-97(68-76-103)93-123-105-79-71-101(72-80-105)114-113(116)115-102-73-81-106(82-74-102)124-94-98-69-77-104(78-70-98)126-96-100-91-109(119-85-63-57-51-45-39-33-27-21-15-9-3)112(122-88-66-60-54-48-42-36-30-24-18-12-6)110(92-100)120-86-64-58-52-46-40-34-28-22-16-10-4/h67-82,89-92H,7-66,83-88,93-96H2,1-6H3,(H2,114,115,116). The highest BCUT2D eigenvalue weighted by Crippen LogP contribution is 2.42. The normalized spacial score (nSPS) is 11.3. The SMILES string of the molecule is CCCCCCCCCCCCOc1cc(COc2ccc(COc3ccc(NC(=O)Nc4ccc(OCc5ccc(OCc6cc(OCCCCCCCCCCCC)c(OCCCCCCCCCCCC)c(OCCCCCCCCCCCC)c6)cc5)cc4)cc3)cc2)cc(OCCCCCCCCCCCC)c1OCCCCCCCCCCCC.